The molecular weight excluding hydrogens is 408 g/mol. The number of amides is 1. The molecule has 0 fully saturated rings. The molecule has 2 aromatic rings. The van der Waals surface area contributed by atoms with Crippen molar-refractivity contribution in [3.05, 3.63) is 46.5 Å². The standard InChI is InChI=1S/C18H21ClN2O6S/c1-11-6-7-12(18(22)21(2)27-5)8-17(11)28(23,24)20-14-9-13(19)15(25-3)10-16(14)26-4/h6-10,20H,1-5H3. The van der Waals surface area contributed by atoms with Gasteiger partial charge in [-0.1, -0.05) is 17.7 Å². The van der Waals surface area contributed by atoms with Crippen molar-refractivity contribution in [1.82, 2.24) is 5.06 Å². The molecule has 0 aliphatic carbocycles. The van der Waals surface area contributed by atoms with Gasteiger partial charge < -0.3 is 9.47 Å². The molecule has 28 heavy (non-hydrogen) atoms. The van der Waals surface area contributed by atoms with Crippen LogP contribution < -0.4 is 14.2 Å². The number of carbonyl (C=O) groups excluding carboxylic acids is 1. The number of aryl methyl sites for hydroxylation is 1. The van der Waals surface area contributed by atoms with E-state index in [0.29, 0.717) is 11.3 Å². The Morgan fingerprint density at radius 2 is 1.71 bits per heavy atom. The van der Waals surface area contributed by atoms with Crippen LogP contribution in [0.2, 0.25) is 5.02 Å². The van der Waals surface area contributed by atoms with Crippen LogP contribution in [0, 0.1) is 6.92 Å². The summed E-state index contributed by atoms with van der Waals surface area (Å²) >= 11 is 6.10. The first-order chi connectivity index (χ1) is 13.1. The number of rotatable bonds is 7. The van der Waals surface area contributed by atoms with Gasteiger partial charge in [-0.25, -0.2) is 13.5 Å². The van der Waals surface area contributed by atoms with Gasteiger partial charge in [0.2, 0.25) is 0 Å². The predicted molar refractivity (Wildman–Crippen MR) is 106 cm³/mol. The van der Waals surface area contributed by atoms with Crippen LogP contribution in [0.5, 0.6) is 11.5 Å². The molecule has 0 aliphatic rings. The average Bonchev–Trinajstić information content (AvgIpc) is 2.67. The van der Waals surface area contributed by atoms with Crippen molar-refractivity contribution in [1.29, 1.82) is 0 Å². The largest absolute Gasteiger partial charge is 0.495 e. The molecule has 152 valence electrons. The lowest BCUT2D eigenvalue weighted by Crippen LogP contribution is -2.26. The number of anilines is 1. The highest BCUT2D eigenvalue weighted by Gasteiger charge is 2.23. The smallest absolute Gasteiger partial charge is 0.277 e. The van der Waals surface area contributed by atoms with E-state index in [-0.39, 0.29) is 26.9 Å². The number of ether oxygens (including phenoxy) is 2. The summed E-state index contributed by atoms with van der Waals surface area (Å²) in [6.45, 7) is 1.63. The number of halogens is 1. The fourth-order valence-corrected chi connectivity index (χ4v) is 4.00. The quantitative estimate of drug-likeness (QED) is 0.681. The van der Waals surface area contributed by atoms with Crippen LogP contribution in [-0.4, -0.2) is 47.8 Å². The zero-order valence-corrected chi connectivity index (χ0v) is 17.6. The van der Waals surface area contributed by atoms with Gasteiger partial charge in [0, 0.05) is 18.7 Å². The maximum Gasteiger partial charge on any atom is 0.277 e. The van der Waals surface area contributed by atoms with Crippen LogP contribution in [0.1, 0.15) is 15.9 Å². The van der Waals surface area contributed by atoms with Crippen LogP contribution in [0.4, 0.5) is 5.69 Å². The van der Waals surface area contributed by atoms with Gasteiger partial charge in [0.15, 0.2) is 0 Å². The Bertz CT molecular complexity index is 994. The second-order valence-electron chi connectivity index (χ2n) is 5.76. The highest BCUT2D eigenvalue weighted by molar-refractivity contribution is 7.92. The molecule has 0 atom stereocenters. The van der Waals surface area contributed by atoms with Crippen LogP contribution >= 0.6 is 11.6 Å². The van der Waals surface area contributed by atoms with Crippen LogP contribution in [-0.2, 0) is 14.9 Å². The third-order valence-corrected chi connectivity index (χ3v) is 5.81. The number of hydroxylamine groups is 2. The normalized spacial score (nSPS) is 11.1. The summed E-state index contributed by atoms with van der Waals surface area (Å²) in [5, 5.41) is 1.21. The van der Waals surface area contributed by atoms with Gasteiger partial charge in [0.1, 0.15) is 11.5 Å². The summed E-state index contributed by atoms with van der Waals surface area (Å²) in [7, 11) is 1.56. The Balaban J connectivity index is 2.48. The van der Waals surface area contributed by atoms with Crippen molar-refractivity contribution in [2.75, 3.05) is 33.1 Å². The van der Waals surface area contributed by atoms with E-state index in [1.807, 2.05) is 0 Å². The van der Waals surface area contributed by atoms with E-state index in [9.17, 15) is 13.2 Å². The molecule has 0 aromatic heterocycles. The Labute approximate surface area is 169 Å². The maximum absolute atomic E-state index is 13.0. The summed E-state index contributed by atoms with van der Waals surface area (Å²) in [5.41, 5.74) is 0.760. The van der Waals surface area contributed by atoms with E-state index in [1.54, 1.807) is 13.0 Å². The molecule has 8 nitrogen and oxygen atoms in total. The third kappa shape index (κ3) is 4.49. The molecule has 0 saturated carbocycles. The molecule has 0 bridgehead atoms. The summed E-state index contributed by atoms with van der Waals surface area (Å²) in [4.78, 5) is 17.1. The van der Waals surface area contributed by atoms with Crippen molar-refractivity contribution in [2.24, 2.45) is 0 Å². The summed E-state index contributed by atoms with van der Waals surface area (Å²) < 4.78 is 38.7. The van der Waals surface area contributed by atoms with Crippen molar-refractivity contribution >= 4 is 33.2 Å². The van der Waals surface area contributed by atoms with Gasteiger partial charge in [0.25, 0.3) is 15.9 Å². The predicted octanol–water partition coefficient (Wildman–Crippen LogP) is 3.10. The van der Waals surface area contributed by atoms with Gasteiger partial charge in [-0.15, -0.1) is 0 Å². The van der Waals surface area contributed by atoms with E-state index >= 15 is 0 Å². The fraction of sp³-hybridized carbons (Fsp3) is 0.278. The molecule has 0 aliphatic heterocycles. The van der Waals surface area contributed by atoms with Gasteiger partial charge >= 0.3 is 0 Å². The number of hydrogen-bond acceptors (Lipinski definition) is 6. The minimum atomic E-state index is -4.04. The molecule has 1 amide bonds. The molecule has 0 unspecified atom stereocenters. The lowest BCUT2D eigenvalue weighted by Gasteiger charge is -2.17. The highest BCUT2D eigenvalue weighted by Crippen LogP contribution is 2.37. The Morgan fingerprint density at radius 1 is 1.07 bits per heavy atom. The number of sulfonamides is 1. The molecular formula is C18H21ClN2O6S. The molecule has 0 radical (unpaired) electrons. The van der Waals surface area contributed by atoms with Gasteiger partial charge in [-0.3, -0.25) is 14.4 Å². The first kappa shape index (κ1) is 21.8. The van der Waals surface area contributed by atoms with E-state index in [4.69, 9.17) is 25.9 Å². The molecule has 10 heteroatoms. The Hall–Kier alpha value is -2.49. The number of nitrogens with one attached hydrogen (secondary N) is 1. The van der Waals surface area contributed by atoms with Gasteiger partial charge in [-0.05, 0) is 30.7 Å². The maximum atomic E-state index is 13.0. The average molecular weight is 429 g/mol. The van der Waals surface area contributed by atoms with Gasteiger partial charge in [0.05, 0.1) is 36.9 Å². The first-order valence-corrected chi connectivity index (χ1v) is 9.87. The number of carbonyl (C=O) groups is 1. The number of methoxy groups -OCH3 is 2. The SMILES string of the molecule is COc1cc(OC)c(NS(=O)(=O)c2cc(C(=O)N(C)OC)ccc2C)cc1Cl. The monoisotopic (exact) mass is 428 g/mol. The summed E-state index contributed by atoms with van der Waals surface area (Å²) in [5.74, 6) is 0.0886. The summed E-state index contributed by atoms with van der Waals surface area (Å²) in [6, 6.07) is 7.22. The lowest BCUT2D eigenvalue weighted by molar-refractivity contribution is -0.0757. The number of benzene rings is 2. The zero-order valence-electron chi connectivity index (χ0n) is 16.1. The fourth-order valence-electron chi connectivity index (χ4n) is 2.43. The van der Waals surface area contributed by atoms with E-state index in [2.05, 4.69) is 4.72 Å². The van der Waals surface area contributed by atoms with Crippen molar-refractivity contribution in [3.8, 4) is 11.5 Å². The van der Waals surface area contributed by atoms with E-state index in [1.165, 1.54) is 52.6 Å². The second-order valence-corrected chi connectivity index (χ2v) is 7.82. The first-order valence-electron chi connectivity index (χ1n) is 8.01. The zero-order chi connectivity index (χ0) is 21.1. The second kappa shape index (κ2) is 8.68. The van der Waals surface area contributed by atoms with Crippen LogP contribution in [0.15, 0.2) is 35.2 Å². The van der Waals surface area contributed by atoms with Gasteiger partial charge in [-0.2, -0.15) is 0 Å². The molecule has 0 heterocycles. The van der Waals surface area contributed by atoms with Crippen LogP contribution in [0.3, 0.4) is 0 Å². The molecule has 0 saturated heterocycles. The highest BCUT2D eigenvalue weighted by atomic mass is 35.5. The van der Waals surface area contributed by atoms with Crippen molar-refractivity contribution in [3.63, 3.8) is 0 Å². The Kier molecular flexibility index (Phi) is 6.76. The Morgan fingerprint density at radius 3 is 2.29 bits per heavy atom. The van der Waals surface area contributed by atoms with Crippen molar-refractivity contribution in [2.45, 2.75) is 11.8 Å². The molecule has 0 spiro atoms. The number of hydrogen-bond donors (Lipinski definition) is 1. The van der Waals surface area contributed by atoms with E-state index in [0.717, 1.165) is 5.06 Å². The topological polar surface area (TPSA) is 94.2 Å². The van der Waals surface area contributed by atoms with Crippen molar-refractivity contribution < 1.29 is 27.5 Å². The summed E-state index contributed by atoms with van der Waals surface area (Å²) in [6.07, 6.45) is 0. The third-order valence-electron chi connectivity index (χ3n) is 4.00. The lowest BCUT2D eigenvalue weighted by atomic mass is 10.1. The van der Waals surface area contributed by atoms with E-state index < -0.39 is 15.9 Å². The molecule has 2 aromatic carbocycles. The number of nitrogens with zero attached hydrogens (tertiary/aromatic N) is 1. The van der Waals surface area contributed by atoms with Crippen LogP contribution in [0.25, 0.3) is 0 Å². The molecule has 2 rings (SSSR count). The minimum absolute atomic E-state index is 0.0585. The minimum Gasteiger partial charge on any atom is -0.495 e. The molecule has 1 N–H and O–H groups in total.